The summed E-state index contributed by atoms with van der Waals surface area (Å²) in [7, 11) is 3.12. The van der Waals surface area contributed by atoms with Crippen molar-refractivity contribution < 1.29 is 27.9 Å². The minimum Gasteiger partial charge on any atom is -0.434 e. The van der Waals surface area contributed by atoms with Crippen molar-refractivity contribution in [2.45, 2.75) is 20.5 Å². The van der Waals surface area contributed by atoms with Crippen LogP contribution in [0.2, 0.25) is 5.02 Å². The van der Waals surface area contributed by atoms with Gasteiger partial charge in [-0.2, -0.15) is 8.78 Å². The molecular weight excluding hydrogens is 430 g/mol. The predicted molar refractivity (Wildman–Crippen MR) is 115 cm³/mol. The summed E-state index contributed by atoms with van der Waals surface area (Å²) in [5.74, 6) is -2.94. The Balaban J connectivity index is 0.00000233. The van der Waals surface area contributed by atoms with Crippen LogP contribution in [-0.2, 0) is 9.59 Å². The first-order valence-corrected chi connectivity index (χ1v) is 9.55. The number of carbonyl (C=O) groups is 3. The topological polar surface area (TPSA) is 66.9 Å². The summed E-state index contributed by atoms with van der Waals surface area (Å²) in [6, 6.07) is 3.49. The Hall–Kier alpha value is -3.26. The van der Waals surface area contributed by atoms with Crippen molar-refractivity contribution in [2.24, 2.45) is 0 Å². The van der Waals surface area contributed by atoms with Crippen LogP contribution in [0.25, 0.3) is 0 Å². The molecule has 0 spiro atoms. The summed E-state index contributed by atoms with van der Waals surface area (Å²) in [6.45, 7) is 7.81. The molecule has 0 fully saturated rings. The lowest BCUT2D eigenvalue weighted by Gasteiger charge is -2.21. The highest BCUT2D eigenvalue weighted by Crippen LogP contribution is 2.31. The van der Waals surface area contributed by atoms with Crippen molar-refractivity contribution in [1.29, 1.82) is 0 Å². The molecule has 0 N–H and O–H groups in total. The molecule has 1 aromatic carbocycles. The van der Waals surface area contributed by atoms with Crippen molar-refractivity contribution >= 4 is 29.2 Å². The Morgan fingerprint density at radius 1 is 1.13 bits per heavy atom. The zero-order valence-electron chi connectivity index (χ0n) is 17.6. The molecule has 0 bridgehead atoms. The average Bonchev–Trinajstić information content (AvgIpc) is 2.96. The Labute approximate surface area is 184 Å². The van der Waals surface area contributed by atoms with Gasteiger partial charge in [0.25, 0.3) is 11.8 Å². The number of hydrogen-bond acceptors (Lipinski definition) is 5. The molecule has 0 saturated carbocycles. The third-order valence-electron chi connectivity index (χ3n) is 3.82. The van der Waals surface area contributed by atoms with Gasteiger partial charge in [-0.15, -0.1) is 0 Å². The van der Waals surface area contributed by atoms with Crippen LogP contribution in [0.3, 0.4) is 0 Å². The van der Waals surface area contributed by atoms with Gasteiger partial charge in [0.1, 0.15) is 11.4 Å². The molecule has 1 aliphatic heterocycles. The molecule has 0 unspecified atom stereocenters. The van der Waals surface area contributed by atoms with Crippen LogP contribution in [-0.4, -0.2) is 48.1 Å². The molecule has 0 aromatic heterocycles. The van der Waals surface area contributed by atoms with Crippen LogP contribution < -0.4 is 4.74 Å². The summed E-state index contributed by atoms with van der Waals surface area (Å²) >= 11 is 5.91. The number of imide groups is 1. The Morgan fingerprint density at radius 3 is 2.06 bits per heavy atom. The first-order valence-electron chi connectivity index (χ1n) is 9.17. The number of ether oxygens (including phenoxy) is 1. The van der Waals surface area contributed by atoms with E-state index in [2.05, 4.69) is 17.9 Å². The van der Waals surface area contributed by atoms with Crippen molar-refractivity contribution in [2.75, 3.05) is 14.1 Å². The number of benzene rings is 1. The molecule has 0 saturated heterocycles. The zero-order valence-corrected chi connectivity index (χ0v) is 18.4. The molecule has 2 rings (SSSR count). The van der Waals surface area contributed by atoms with Gasteiger partial charge in [-0.3, -0.25) is 14.4 Å². The number of ketones is 1. The van der Waals surface area contributed by atoms with Gasteiger partial charge in [0.05, 0.1) is 16.7 Å². The van der Waals surface area contributed by atoms with Gasteiger partial charge in [0, 0.05) is 25.3 Å². The van der Waals surface area contributed by atoms with Crippen molar-refractivity contribution in [3.63, 3.8) is 0 Å². The number of hydrogen-bond donors (Lipinski definition) is 0. The van der Waals surface area contributed by atoms with Gasteiger partial charge >= 0.3 is 6.61 Å². The number of allylic oxidation sites excluding steroid dienone is 1. The highest BCUT2D eigenvalue weighted by atomic mass is 35.5. The molecule has 0 radical (unpaired) electrons. The van der Waals surface area contributed by atoms with Crippen LogP contribution in [0, 0.1) is 0 Å². The molecule has 0 atom stereocenters. The highest BCUT2D eigenvalue weighted by molar-refractivity contribution is 6.31. The fraction of sp³-hybridized carbons (Fsp3) is 0.227. The summed E-state index contributed by atoms with van der Waals surface area (Å²) in [5, 5.41) is 0.0786. The normalized spacial score (nSPS) is 13.8. The van der Waals surface area contributed by atoms with Gasteiger partial charge in [-0.25, -0.2) is 4.90 Å². The lowest BCUT2D eigenvalue weighted by molar-refractivity contribution is -0.134. The number of alkyl halides is 2. The minimum absolute atomic E-state index is 0.0300. The molecule has 1 heterocycles. The Kier molecular flexibility index (Phi) is 9.33. The molecule has 1 aliphatic rings. The highest BCUT2D eigenvalue weighted by Gasteiger charge is 2.40. The molecule has 1 aromatic rings. The molecule has 2 amide bonds. The smallest absolute Gasteiger partial charge is 0.387 e. The number of Topliss-reactive ketones (excluding diaryl/α,β-unsaturated/α-hetero) is 1. The second-order valence-electron chi connectivity index (χ2n) is 6.01. The maximum atomic E-state index is 13.2. The standard InChI is InChI=1S/C20H17ClF2N2O4.C2H6/c1-5-12-13(6-2)19(28)25(18(12)27)15(10-24(3)4)17(26)14-9-11(21)7-8-16(14)29-20(22)23;1-2/h5-10,20H,1-2H2,3-4H3;1-2H3/b15-10+;. The maximum absolute atomic E-state index is 13.2. The third kappa shape index (κ3) is 5.67. The predicted octanol–water partition coefficient (Wildman–Crippen LogP) is 4.59. The van der Waals surface area contributed by atoms with Crippen molar-refractivity contribution in [1.82, 2.24) is 9.80 Å². The van der Waals surface area contributed by atoms with E-state index < -0.39 is 30.0 Å². The van der Waals surface area contributed by atoms with Crippen LogP contribution in [0.15, 0.2) is 66.6 Å². The number of carbonyl (C=O) groups excluding carboxylic acids is 3. The fourth-order valence-corrected chi connectivity index (χ4v) is 2.83. The van der Waals surface area contributed by atoms with E-state index in [9.17, 15) is 23.2 Å². The maximum Gasteiger partial charge on any atom is 0.387 e. The van der Waals surface area contributed by atoms with E-state index in [1.54, 1.807) is 14.1 Å². The Morgan fingerprint density at radius 2 is 1.65 bits per heavy atom. The molecule has 9 heteroatoms. The largest absolute Gasteiger partial charge is 0.434 e. The number of nitrogens with zero attached hydrogens (tertiary/aromatic N) is 2. The second kappa shape index (κ2) is 11.2. The third-order valence-corrected chi connectivity index (χ3v) is 4.06. The van der Waals surface area contributed by atoms with Crippen LogP contribution in [0.4, 0.5) is 8.78 Å². The van der Waals surface area contributed by atoms with E-state index in [0.29, 0.717) is 4.90 Å². The second-order valence-corrected chi connectivity index (χ2v) is 6.44. The van der Waals surface area contributed by atoms with Gasteiger partial charge in [-0.1, -0.05) is 50.8 Å². The van der Waals surface area contributed by atoms with Crippen molar-refractivity contribution in [3.05, 3.63) is 77.1 Å². The molecular formula is C22H23ClF2N2O4. The van der Waals surface area contributed by atoms with Crippen LogP contribution in [0.1, 0.15) is 24.2 Å². The van der Waals surface area contributed by atoms with Gasteiger partial charge in [-0.05, 0) is 18.2 Å². The summed E-state index contributed by atoms with van der Waals surface area (Å²) in [5.41, 5.74) is -0.767. The lowest BCUT2D eigenvalue weighted by atomic mass is 10.1. The van der Waals surface area contributed by atoms with E-state index in [1.165, 1.54) is 29.3 Å². The first kappa shape index (κ1) is 25.8. The summed E-state index contributed by atoms with van der Waals surface area (Å²) in [6.07, 6.45) is 3.58. The fourth-order valence-electron chi connectivity index (χ4n) is 2.66. The number of rotatable bonds is 8. The zero-order chi connectivity index (χ0) is 23.9. The van der Waals surface area contributed by atoms with E-state index >= 15 is 0 Å². The monoisotopic (exact) mass is 452 g/mol. The van der Waals surface area contributed by atoms with Crippen LogP contribution >= 0.6 is 11.6 Å². The van der Waals surface area contributed by atoms with Crippen molar-refractivity contribution in [3.8, 4) is 5.75 Å². The quantitative estimate of drug-likeness (QED) is 0.328. The SMILES string of the molecule is C=CC1=C(C=C)C(=O)N(/C(=C/N(C)C)C(=O)c2cc(Cl)ccc2OC(F)F)C1=O.CC. The van der Waals surface area contributed by atoms with E-state index in [4.69, 9.17) is 11.6 Å². The summed E-state index contributed by atoms with van der Waals surface area (Å²) in [4.78, 5) is 40.8. The number of amides is 2. The average molecular weight is 453 g/mol. The van der Waals surface area contributed by atoms with Gasteiger partial charge in [0.2, 0.25) is 5.78 Å². The molecule has 6 nitrogen and oxygen atoms in total. The van der Waals surface area contributed by atoms with Crippen LogP contribution in [0.5, 0.6) is 5.75 Å². The minimum atomic E-state index is -3.19. The molecule has 166 valence electrons. The molecule has 31 heavy (non-hydrogen) atoms. The van der Waals surface area contributed by atoms with E-state index in [0.717, 1.165) is 12.1 Å². The first-order chi connectivity index (χ1) is 14.6. The molecule has 0 aliphatic carbocycles. The van der Waals surface area contributed by atoms with Gasteiger partial charge < -0.3 is 9.64 Å². The lowest BCUT2D eigenvalue weighted by Crippen LogP contribution is -2.35. The number of halogens is 3. The Bertz CT molecular complexity index is 938. The van der Waals surface area contributed by atoms with E-state index in [1.807, 2.05) is 13.8 Å². The summed E-state index contributed by atoms with van der Waals surface area (Å²) < 4.78 is 29.9. The van der Waals surface area contributed by atoms with E-state index in [-0.39, 0.29) is 27.4 Å². The van der Waals surface area contributed by atoms with Gasteiger partial charge in [0.15, 0.2) is 0 Å².